The number of aryl methyl sites for hydroxylation is 1. The Morgan fingerprint density at radius 2 is 1.78 bits per heavy atom. The number of aliphatic hydroxyl groups is 1. The molecular formula is C28H40N4O4S. The number of aliphatic hydroxyl groups excluding tert-OH is 1. The lowest BCUT2D eigenvalue weighted by Gasteiger charge is -2.35. The predicted octanol–water partition coefficient (Wildman–Crippen LogP) is 3.66. The number of carbonyl (C=O) groups excluding carboxylic acids is 3. The van der Waals surface area contributed by atoms with Crippen molar-refractivity contribution < 1.29 is 19.5 Å². The summed E-state index contributed by atoms with van der Waals surface area (Å²) in [7, 11) is 0. The maximum absolute atomic E-state index is 13.6. The third-order valence-electron chi connectivity index (χ3n) is 6.40. The minimum absolute atomic E-state index is 0.0571. The van der Waals surface area contributed by atoms with Gasteiger partial charge in [-0.1, -0.05) is 65.8 Å². The SMILES string of the molecule is Cc1ncsc1-c1ccc(CNC(=O)[C@@H]2C[C@@H](O)CN2C(=O)C(NC(=O)CC(C)(C)C)C(C)(C)C)cc1. The van der Waals surface area contributed by atoms with Gasteiger partial charge in [0.05, 0.1) is 22.2 Å². The molecule has 0 saturated carbocycles. The molecule has 37 heavy (non-hydrogen) atoms. The number of rotatable bonds is 7. The molecule has 2 heterocycles. The van der Waals surface area contributed by atoms with E-state index in [9.17, 15) is 19.5 Å². The Kier molecular flexibility index (Phi) is 8.80. The van der Waals surface area contributed by atoms with Crippen LogP contribution in [0.3, 0.4) is 0 Å². The average molecular weight is 529 g/mol. The highest BCUT2D eigenvalue weighted by atomic mass is 32.1. The summed E-state index contributed by atoms with van der Waals surface area (Å²) < 4.78 is 0. The summed E-state index contributed by atoms with van der Waals surface area (Å²) in [4.78, 5) is 46.3. The Labute approximate surface area is 223 Å². The predicted molar refractivity (Wildman–Crippen MR) is 146 cm³/mol. The molecule has 0 bridgehead atoms. The molecule has 0 aliphatic carbocycles. The number of amides is 3. The number of aromatic nitrogens is 1. The van der Waals surface area contributed by atoms with Gasteiger partial charge in [-0.15, -0.1) is 11.3 Å². The minimum atomic E-state index is -0.814. The molecule has 9 heteroatoms. The molecule has 3 rings (SSSR count). The average Bonchev–Trinajstić information content (AvgIpc) is 3.39. The van der Waals surface area contributed by atoms with Crippen molar-refractivity contribution in [2.45, 2.75) is 86.0 Å². The molecule has 1 fully saturated rings. The highest BCUT2D eigenvalue weighted by Crippen LogP contribution is 2.28. The summed E-state index contributed by atoms with van der Waals surface area (Å²) in [6.07, 6.45) is -0.359. The van der Waals surface area contributed by atoms with Crippen molar-refractivity contribution in [1.82, 2.24) is 20.5 Å². The van der Waals surface area contributed by atoms with E-state index in [1.54, 1.807) is 11.3 Å². The zero-order valence-corrected chi connectivity index (χ0v) is 23.7. The zero-order chi connectivity index (χ0) is 27.5. The molecule has 1 aromatic carbocycles. The van der Waals surface area contributed by atoms with Gasteiger partial charge in [-0.3, -0.25) is 14.4 Å². The molecule has 8 nitrogen and oxygen atoms in total. The molecule has 1 aromatic heterocycles. The molecule has 0 radical (unpaired) electrons. The Morgan fingerprint density at radius 1 is 1.14 bits per heavy atom. The van der Waals surface area contributed by atoms with Crippen LogP contribution in [-0.2, 0) is 20.9 Å². The summed E-state index contributed by atoms with van der Waals surface area (Å²) in [6.45, 7) is 13.9. The maximum atomic E-state index is 13.6. The molecule has 0 spiro atoms. The molecule has 1 unspecified atom stereocenters. The zero-order valence-electron chi connectivity index (χ0n) is 22.9. The van der Waals surface area contributed by atoms with Gasteiger partial charge in [0.1, 0.15) is 12.1 Å². The van der Waals surface area contributed by atoms with E-state index in [1.807, 2.05) is 78.2 Å². The van der Waals surface area contributed by atoms with E-state index in [0.717, 1.165) is 21.7 Å². The highest BCUT2D eigenvalue weighted by Gasteiger charge is 2.44. The largest absolute Gasteiger partial charge is 0.391 e. The molecule has 1 aliphatic heterocycles. The number of likely N-dealkylation sites (tertiary alicyclic amines) is 1. The van der Waals surface area contributed by atoms with Crippen molar-refractivity contribution in [3.05, 3.63) is 41.0 Å². The van der Waals surface area contributed by atoms with E-state index in [0.29, 0.717) is 6.54 Å². The molecule has 2 aromatic rings. The maximum Gasteiger partial charge on any atom is 0.246 e. The van der Waals surface area contributed by atoms with Gasteiger partial charge < -0.3 is 20.6 Å². The Balaban J connectivity index is 1.68. The monoisotopic (exact) mass is 528 g/mol. The second-order valence-corrected chi connectivity index (χ2v) is 13.0. The summed E-state index contributed by atoms with van der Waals surface area (Å²) in [5.41, 5.74) is 4.02. The fourth-order valence-corrected chi connectivity index (χ4v) is 5.29. The second kappa shape index (κ2) is 11.3. The van der Waals surface area contributed by atoms with E-state index in [4.69, 9.17) is 0 Å². The topological polar surface area (TPSA) is 112 Å². The number of nitrogens with zero attached hydrogens (tertiary/aromatic N) is 2. The smallest absolute Gasteiger partial charge is 0.246 e. The fourth-order valence-electron chi connectivity index (χ4n) is 4.47. The van der Waals surface area contributed by atoms with Crippen molar-refractivity contribution in [2.24, 2.45) is 10.8 Å². The molecule has 1 aliphatic rings. The summed E-state index contributed by atoms with van der Waals surface area (Å²) >= 11 is 1.59. The number of hydrogen-bond acceptors (Lipinski definition) is 6. The van der Waals surface area contributed by atoms with Gasteiger partial charge in [-0.05, 0) is 28.9 Å². The lowest BCUT2D eigenvalue weighted by atomic mass is 9.84. The first-order chi connectivity index (χ1) is 17.2. The van der Waals surface area contributed by atoms with Crippen molar-refractivity contribution in [3.8, 4) is 10.4 Å². The first kappa shape index (κ1) is 28.8. The number of β-amino-alcohol motifs (C(OH)–C–C–N with tert-alkyl or cyclic N) is 1. The molecule has 3 atom stereocenters. The fraction of sp³-hybridized carbons (Fsp3) is 0.571. The minimum Gasteiger partial charge on any atom is -0.391 e. The molecule has 202 valence electrons. The third-order valence-corrected chi connectivity index (χ3v) is 7.38. The van der Waals surface area contributed by atoms with Gasteiger partial charge in [-0.2, -0.15) is 0 Å². The van der Waals surface area contributed by atoms with Crippen LogP contribution in [-0.4, -0.2) is 57.4 Å². The van der Waals surface area contributed by atoms with Crippen molar-refractivity contribution in [1.29, 1.82) is 0 Å². The van der Waals surface area contributed by atoms with E-state index < -0.39 is 23.6 Å². The Morgan fingerprint density at radius 3 is 2.32 bits per heavy atom. The van der Waals surface area contributed by atoms with Gasteiger partial charge >= 0.3 is 0 Å². The van der Waals surface area contributed by atoms with Crippen molar-refractivity contribution in [2.75, 3.05) is 6.54 Å². The van der Waals surface area contributed by atoms with Gasteiger partial charge in [-0.25, -0.2) is 4.98 Å². The molecule has 3 amide bonds. The van der Waals surface area contributed by atoms with Crippen LogP contribution in [0.15, 0.2) is 29.8 Å². The Bertz CT molecular complexity index is 1110. The van der Waals surface area contributed by atoms with Crippen LogP contribution in [0, 0.1) is 17.8 Å². The number of hydrogen-bond donors (Lipinski definition) is 3. The van der Waals surface area contributed by atoms with Gasteiger partial charge in [0.25, 0.3) is 0 Å². The van der Waals surface area contributed by atoms with E-state index in [2.05, 4.69) is 15.6 Å². The summed E-state index contributed by atoms with van der Waals surface area (Å²) in [5, 5.41) is 16.2. The van der Waals surface area contributed by atoms with Crippen LogP contribution in [0.25, 0.3) is 10.4 Å². The van der Waals surface area contributed by atoms with E-state index in [-0.39, 0.29) is 42.5 Å². The van der Waals surface area contributed by atoms with Gasteiger partial charge in [0.2, 0.25) is 17.7 Å². The molecular weight excluding hydrogens is 488 g/mol. The first-order valence-corrected chi connectivity index (χ1v) is 13.6. The van der Waals surface area contributed by atoms with Gasteiger partial charge in [0.15, 0.2) is 0 Å². The number of benzene rings is 1. The van der Waals surface area contributed by atoms with Crippen LogP contribution < -0.4 is 10.6 Å². The number of carbonyl (C=O) groups is 3. The van der Waals surface area contributed by atoms with Crippen LogP contribution in [0.5, 0.6) is 0 Å². The molecule has 1 saturated heterocycles. The van der Waals surface area contributed by atoms with Crippen molar-refractivity contribution >= 4 is 29.1 Å². The highest BCUT2D eigenvalue weighted by molar-refractivity contribution is 7.13. The van der Waals surface area contributed by atoms with Crippen molar-refractivity contribution in [3.63, 3.8) is 0 Å². The molecule has 3 N–H and O–H groups in total. The standard InChI is InChI=1S/C28H40N4O4S/c1-17-23(37-16-30-17)19-10-8-18(9-11-19)14-29-25(35)21-12-20(33)15-32(21)26(36)24(28(5,6)7)31-22(34)13-27(2,3)4/h8-11,16,20-21,24,33H,12-15H2,1-7H3,(H,29,35)(H,31,34)/t20-,21+,24?/m1/s1. The normalized spacial score (nSPS) is 19.0. The summed E-state index contributed by atoms with van der Waals surface area (Å²) in [6, 6.07) is 6.32. The van der Waals surface area contributed by atoms with E-state index in [1.165, 1.54) is 4.90 Å². The van der Waals surface area contributed by atoms with Crippen LogP contribution in [0.1, 0.15) is 65.6 Å². The summed E-state index contributed by atoms with van der Waals surface area (Å²) in [5.74, 6) is -0.879. The first-order valence-electron chi connectivity index (χ1n) is 12.7. The van der Waals surface area contributed by atoms with Gasteiger partial charge in [0, 0.05) is 25.9 Å². The van der Waals surface area contributed by atoms with Crippen LogP contribution in [0.2, 0.25) is 0 Å². The van der Waals surface area contributed by atoms with Crippen LogP contribution in [0.4, 0.5) is 0 Å². The lowest BCUT2D eigenvalue weighted by Crippen LogP contribution is -2.58. The quantitative estimate of drug-likeness (QED) is 0.508. The lowest BCUT2D eigenvalue weighted by molar-refractivity contribution is -0.144. The number of thiazole rings is 1. The number of nitrogens with one attached hydrogen (secondary N) is 2. The second-order valence-electron chi connectivity index (χ2n) is 12.2. The third kappa shape index (κ3) is 7.61. The van der Waals surface area contributed by atoms with E-state index >= 15 is 0 Å². The Hall–Kier alpha value is -2.78. The van der Waals surface area contributed by atoms with Crippen LogP contribution >= 0.6 is 11.3 Å².